The minimum absolute atomic E-state index is 0.289. The fourth-order valence-corrected chi connectivity index (χ4v) is 1.53. The molecule has 0 amide bonds. The van der Waals surface area contributed by atoms with Crippen LogP contribution in [-0.4, -0.2) is 5.78 Å². The second-order valence-electron chi connectivity index (χ2n) is 3.71. The Morgan fingerprint density at radius 2 is 2.15 bits per heavy atom. The van der Waals surface area contributed by atoms with E-state index in [-0.39, 0.29) is 5.78 Å². The third kappa shape index (κ3) is 1.57. The highest BCUT2D eigenvalue weighted by atomic mass is 16.1. The Morgan fingerprint density at radius 3 is 2.69 bits per heavy atom. The Morgan fingerprint density at radius 1 is 1.46 bits per heavy atom. The maximum absolute atomic E-state index is 11.7. The average Bonchev–Trinajstić information content (AvgIpc) is 2.85. The van der Waals surface area contributed by atoms with Crippen molar-refractivity contribution in [3.63, 3.8) is 0 Å². The summed E-state index contributed by atoms with van der Waals surface area (Å²) < 4.78 is 0. The van der Waals surface area contributed by atoms with Gasteiger partial charge in [0.25, 0.3) is 0 Å². The Balaban J connectivity index is 2.33. The maximum Gasteiger partial charge on any atom is 0.166 e. The van der Waals surface area contributed by atoms with Crippen molar-refractivity contribution in [1.82, 2.24) is 0 Å². The molecule has 1 aromatic rings. The van der Waals surface area contributed by atoms with Crippen molar-refractivity contribution in [2.24, 2.45) is 5.92 Å². The van der Waals surface area contributed by atoms with E-state index in [0.717, 1.165) is 29.7 Å². The van der Waals surface area contributed by atoms with Gasteiger partial charge in [0.2, 0.25) is 0 Å². The zero-order valence-electron chi connectivity index (χ0n) is 7.71. The van der Waals surface area contributed by atoms with Crippen molar-refractivity contribution in [1.29, 1.82) is 0 Å². The summed E-state index contributed by atoms with van der Waals surface area (Å²) in [6, 6.07) is 5.49. The molecule has 13 heavy (non-hydrogen) atoms. The van der Waals surface area contributed by atoms with Crippen molar-refractivity contribution in [3.8, 4) is 0 Å². The van der Waals surface area contributed by atoms with Gasteiger partial charge in [0.05, 0.1) is 0 Å². The van der Waals surface area contributed by atoms with E-state index < -0.39 is 0 Å². The van der Waals surface area contributed by atoms with Crippen LogP contribution >= 0.6 is 0 Å². The van der Waals surface area contributed by atoms with E-state index in [0.29, 0.717) is 5.92 Å². The van der Waals surface area contributed by atoms with Crippen LogP contribution in [0.2, 0.25) is 0 Å². The Bertz CT molecular complexity index is 353. The maximum atomic E-state index is 11.7. The molecule has 0 heterocycles. The molecule has 1 aliphatic rings. The lowest BCUT2D eigenvalue weighted by atomic mass is 10.0. The monoisotopic (exact) mass is 175 g/mol. The molecule has 0 saturated heterocycles. The molecule has 1 saturated carbocycles. The lowest BCUT2D eigenvalue weighted by molar-refractivity contribution is 0.0967. The Labute approximate surface area is 77.8 Å². The van der Waals surface area contributed by atoms with Gasteiger partial charge in [-0.25, -0.2) is 0 Å². The third-order valence-electron chi connectivity index (χ3n) is 2.46. The molecule has 2 N–H and O–H groups in total. The molecule has 2 heteroatoms. The average molecular weight is 175 g/mol. The first-order valence-electron chi connectivity index (χ1n) is 4.59. The molecule has 0 spiro atoms. The number of hydrogen-bond donors (Lipinski definition) is 1. The summed E-state index contributed by atoms with van der Waals surface area (Å²) in [5, 5.41) is 0. The predicted molar refractivity (Wildman–Crippen MR) is 52.6 cm³/mol. The number of benzene rings is 1. The molecule has 68 valence electrons. The van der Waals surface area contributed by atoms with Crippen molar-refractivity contribution < 1.29 is 4.79 Å². The van der Waals surface area contributed by atoms with Crippen molar-refractivity contribution in [3.05, 3.63) is 29.3 Å². The molecule has 2 rings (SSSR count). The number of Topliss-reactive ketones (excluding diaryl/α,β-unsaturated/α-hetero) is 1. The molecule has 0 aromatic heterocycles. The van der Waals surface area contributed by atoms with Crippen LogP contribution in [0.5, 0.6) is 0 Å². The highest BCUT2D eigenvalue weighted by molar-refractivity contribution is 6.00. The Kier molecular flexibility index (Phi) is 1.83. The highest BCUT2D eigenvalue weighted by Crippen LogP contribution is 2.33. The number of carbonyl (C=O) groups is 1. The summed E-state index contributed by atoms with van der Waals surface area (Å²) in [5.74, 6) is 0.583. The molecule has 1 aliphatic carbocycles. The quantitative estimate of drug-likeness (QED) is 0.553. The highest BCUT2D eigenvalue weighted by Gasteiger charge is 2.30. The topological polar surface area (TPSA) is 43.1 Å². The summed E-state index contributed by atoms with van der Waals surface area (Å²) in [4.78, 5) is 11.7. The minimum Gasteiger partial charge on any atom is -0.399 e. The number of carbonyl (C=O) groups excluding carboxylic acids is 1. The van der Waals surface area contributed by atoms with Gasteiger partial charge in [0, 0.05) is 17.2 Å². The van der Waals surface area contributed by atoms with Gasteiger partial charge in [-0.05, 0) is 43.5 Å². The molecular formula is C11H13NO. The first-order chi connectivity index (χ1) is 6.18. The van der Waals surface area contributed by atoms with Crippen LogP contribution in [0.4, 0.5) is 5.69 Å². The van der Waals surface area contributed by atoms with Crippen LogP contribution in [0, 0.1) is 12.8 Å². The number of nitrogens with two attached hydrogens (primary N) is 1. The minimum atomic E-state index is 0.289. The second kappa shape index (κ2) is 2.87. The van der Waals surface area contributed by atoms with Crippen molar-refractivity contribution in [2.45, 2.75) is 19.8 Å². The first kappa shape index (κ1) is 8.30. The van der Waals surface area contributed by atoms with E-state index in [1.54, 1.807) is 6.07 Å². The number of ketones is 1. The zero-order chi connectivity index (χ0) is 9.42. The Hall–Kier alpha value is -1.31. The summed E-state index contributed by atoms with van der Waals surface area (Å²) in [6.07, 6.45) is 2.12. The number of anilines is 1. The van der Waals surface area contributed by atoms with Gasteiger partial charge in [-0.1, -0.05) is 0 Å². The van der Waals surface area contributed by atoms with E-state index in [1.165, 1.54) is 0 Å². The molecule has 0 bridgehead atoms. The van der Waals surface area contributed by atoms with E-state index in [1.807, 2.05) is 19.1 Å². The smallest absolute Gasteiger partial charge is 0.166 e. The van der Waals surface area contributed by atoms with Gasteiger partial charge in [0.1, 0.15) is 0 Å². The van der Waals surface area contributed by atoms with Crippen LogP contribution < -0.4 is 5.73 Å². The van der Waals surface area contributed by atoms with E-state index >= 15 is 0 Å². The van der Waals surface area contributed by atoms with Gasteiger partial charge in [-0.3, -0.25) is 4.79 Å². The van der Waals surface area contributed by atoms with E-state index in [9.17, 15) is 4.79 Å². The predicted octanol–water partition coefficient (Wildman–Crippen LogP) is 2.17. The standard InChI is InChI=1S/C11H13NO/c1-7-6-9(12)4-5-10(7)11(13)8-2-3-8/h4-6,8H,2-3,12H2,1H3. The van der Waals surface area contributed by atoms with E-state index in [2.05, 4.69) is 0 Å². The second-order valence-corrected chi connectivity index (χ2v) is 3.71. The number of nitrogen functional groups attached to an aromatic ring is 1. The molecular weight excluding hydrogens is 162 g/mol. The molecule has 0 unspecified atom stereocenters. The van der Waals surface area contributed by atoms with Crippen LogP contribution in [0.25, 0.3) is 0 Å². The van der Waals surface area contributed by atoms with E-state index in [4.69, 9.17) is 5.73 Å². The van der Waals surface area contributed by atoms with Crippen LogP contribution in [0.15, 0.2) is 18.2 Å². The first-order valence-corrected chi connectivity index (χ1v) is 4.59. The number of rotatable bonds is 2. The molecule has 0 atom stereocenters. The van der Waals surface area contributed by atoms with Crippen LogP contribution in [0.1, 0.15) is 28.8 Å². The molecule has 0 aliphatic heterocycles. The lowest BCUT2D eigenvalue weighted by Gasteiger charge is -2.04. The normalized spacial score (nSPS) is 15.8. The SMILES string of the molecule is Cc1cc(N)ccc1C(=O)C1CC1. The van der Waals surface area contributed by atoms with Crippen LogP contribution in [0.3, 0.4) is 0 Å². The van der Waals surface area contributed by atoms with Crippen molar-refractivity contribution >= 4 is 11.5 Å². The van der Waals surface area contributed by atoms with Gasteiger partial charge in [-0.2, -0.15) is 0 Å². The largest absolute Gasteiger partial charge is 0.399 e. The number of aryl methyl sites for hydroxylation is 1. The lowest BCUT2D eigenvalue weighted by Crippen LogP contribution is -2.04. The summed E-state index contributed by atoms with van der Waals surface area (Å²) >= 11 is 0. The van der Waals surface area contributed by atoms with Crippen LogP contribution in [-0.2, 0) is 0 Å². The van der Waals surface area contributed by atoms with Gasteiger partial charge in [0.15, 0.2) is 5.78 Å². The summed E-state index contributed by atoms with van der Waals surface area (Å²) in [5.41, 5.74) is 8.18. The van der Waals surface area contributed by atoms with Gasteiger partial charge in [-0.15, -0.1) is 0 Å². The fraction of sp³-hybridized carbons (Fsp3) is 0.364. The summed E-state index contributed by atoms with van der Waals surface area (Å²) in [7, 11) is 0. The van der Waals surface area contributed by atoms with Gasteiger partial charge < -0.3 is 5.73 Å². The zero-order valence-corrected chi connectivity index (χ0v) is 7.71. The molecule has 1 fully saturated rings. The molecule has 1 aromatic carbocycles. The molecule has 2 nitrogen and oxygen atoms in total. The molecule has 0 radical (unpaired) electrons. The number of hydrogen-bond acceptors (Lipinski definition) is 2. The van der Waals surface area contributed by atoms with Gasteiger partial charge >= 0.3 is 0 Å². The van der Waals surface area contributed by atoms with Crippen molar-refractivity contribution in [2.75, 3.05) is 5.73 Å². The summed E-state index contributed by atoms with van der Waals surface area (Å²) in [6.45, 7) is 1.94. The third-order valence-corrected chi connectivity index (χ3v) is 2.46. The fourth-order valence-electron chi connectivity index (χ4n) is 1.53.